The second-order valence-electron chi connectivity index (χ2n) is 5.34. The topological polar surface area (TPSA) is 60.4 Å². The molecule has 1 saturated heterocycles. The summed E-state index contributed by atoms with van der Waals surface area (Å²) in [5.41, 5.74) is 0.0632. The van der Waals surface area contributed by atoms with Crippen LogP contribution in [0.15, 0.2) is 23.1 Å². The summed E-state index contributed by atoms with van der Waals surface area (Å²) in [6.45, 7) is 3.52. The first kappa shape index (κ1) is 18.9. The molecule has 0 bridgehead atoms. The summed E-state index contributed by atoms with van der Waals surface area (Å²) in [5.74, 6) is -2.87. The Morgan fingerprint density at radius 1 is 1.54 bits per heavy atom. The molecule has 1 aliphatic rings. The molecule has 8 heteroatoms. The van der Waals surface area contributed by atoms with Gasteiger partial charge >= 0.3 is 0 Å². The van der Waals surface area contributed by atoms with Gasteiger partial charge in [0.2, 0.25) is 0 Å². The van der Waals surface area contributed by atoms with E-state index in [0.717, 1.165) is 16.7 Å². The molecular formula is C16H14ClFNO3S2-. The zero-order chi connectivity index (χ0) is 18.0. The first-order valence-electron chi connectivity index (χ1n) is 7.19. The summed E-state index contributed by atoms with van der Waals surface area (Å²) in [6.07, 6.45) is 1.83. The number of carbonyl (C=O) groups excluding carboxylic acids is 2. The minimum absolute atomic E-state index is 0.0632. The highest BCUT2D eigenvalue weighted by Gasteiger charge is 2.39. The molecule has 1 heterocycles. The standard InChI is InChI=1S/C16H15ClFNO3S2/c1-3-8(2)13(15(21)22)19-14(20)12(24-16(19)23)7-9-10(17)5-4-6-11(9)18/h4-8,13H,3H2,1-2H3,(H,21,22)/p-1/b12-7-/t8-,13-/m0/s1. The molecule has 1 amide bonds. The number of thioether (sulfide) groups is 1. The van der Waals surface area contributed by atoms with Gasteiger partial charge in [-0.2, -0.15) is 0 Å². The van der Waals surface area contributed by atoms with Crippen LogP contribution in [0.3, 0.4) is 0 Å². The summed E-state index contributed by atoms with van der Waals surface area (Å²) in [5, 5.41) is 11.6. The van der Waals surface area contributed by atoms with E-state index in [1.807, 2.05) is 6.92 Å². The van der Waals surface area contributed by atoms with Gasteiger partial charge in [0, 0.05) is 5.56 Å². The zero-order valence-electron chi connectivity index (χ0n) is 12.9. The van der Waals surface area contributed by atoms with Crippen LogP contribution in [0.5, 0.6) is 0 Å². The van der Waals surface area contributed by atoms with Crippen molar-refractivity contribution in [2.75, 3.05) is 0 Å². The molecule has 2 rings (SSSR count). The van der Waals surface area contributed by atoms with Gasteiger partial charge in [0.1, 0.15) is 10.1 Å². The van der Waals surface area contributed by atoms with Crippen LogP contribution in [0.25, 0.3) is 6.08 Å². The number of amides is 1. The molecule has 0 aromatic heterocycles. The van der Waals surface area contributed by atoms with Crippen molar-refractivity contribution >= 4 is 57.9 Å². The molecule has 4 nitrogen and oxygen atoms in total. The third-order valence-corrected chi connectivity index (χ3v) is 5.46. The van der Waals surface area contributed by atoms with E-state index in [-0.39, 0.29) is 25.7 Å². The van der Waals surface area contributed by atoms with Crippen LogP contribution >= 0.6 is 35.6 Å². The molecule has 0 N–H and O–H groups in total. The first-order valence-corrected chi connectivity index (χ1v) is 8.80. The van der Waals surface area contributed by atoms with Crippen LogP contribution in [0.4, 0.5) is 4.39 Å². The number of carbonyl (C=O) groups is 2. The monoisotopic (exact) mass is 386 g/mol. The van der Waals surface area contributed by atoms with Gasteiger partial charge in [-0.1, -0.05) is 61.9 Å². The molecule has 1 aromatic carbocycles. The number of carboxylic acids is 1. The molecule has 0 unspecified atom stereocenters. The number of carboxylic acid groups (broad SMARTS) is 1. The van der Waals surface area contributed by atoms with Crippen molar-refractivity contribution in [2.24, 2.45) is 5.92 Å². The summed E-state index contributed by atoms with van der Waals surface area (Å²) >= 11 is 12.0. The van der Waals surface area contributed by atoms with Crippen LogP contribution < -0.4 is 5.11 Å². The molecule has 0 saturated carbocycles. The summed E-state index contributed by atoms with van der Waals surface area (Å²) in [6, 6.07) is 3.02. The molecule has 2 atom stereocenters. The number of hydrogen-bond donors (Lipinski definition) is 0. The number of benzene rings is 1. The maximum absolute atomic E-state index is 13.9. The first-order chi connectivity index (χ1) is 11.3. The van der Waals surface area contributed by atoms with Crippen LogP contribution in [0.1, 0.15) is 25.8 Å². The van der Waals surface area contributed by atoms with E-state index in [4.69, 9.17) is 23.8 Å². The highest BCUT2D eigenvalue weighted by atomic mass is 35.5. The zero-order valence-corrected chi connectivity index (χ0v) is 15.3. The van der Waals surface area contributed by atoms with Gasteiger partial charge < -0.3 is 9.90 Å². The van der Waals surface area contributed by atoms with E-state index in [1.54, 1.807) is 6.92 Å². The van der Waals surface area contributed by atoms with Crippen molar-refractivity contribution in [1.82, 2.24) is 4.90 Å². The molecule has 128 valence electrons. The Hall–Kier alpha value is -1.44. The van der Waals surface area contributed by atoms with Crippen molar-refractivity contribution in [3.8, 4) is 0 Å². The quantitative estimate of drug-likeness (QED) is 0.575. The number of thiocarbonyl (C=S) groups is 1. The third kappa shape index (κ3) is 3.63. The Kier molecular flexibility index (Phi) is 6.01. The van der Waals surface area contributed by atoms with E-state index >= 15 is 0 Å². The van der Waals surface area contributed by atoms with E-state index in [1.165, 1.54) is 24.3 Å². The predicted molar refractivity (Wildman–Crippen MR) is 94.7 cm³/mol. The fourth-order valence-electron chi connectivity index (χ4n) is 2.31. The fraction of sp³-hybridized carbons (Fsp3) is 0.312. The minimum atomic E-state index is -1.37. The van der Waals surface area contributed by atoms with Crippen LogP contribution in [-0.4, -0.2) is 27.1 Å². The van der Waals surface area contributed by atoms with E-state index < -0.39 is 23.7 Å². The van der Waals surface area contributed by atoms with Crippen LogP contribution in [-0.2, 0) is 9.59 Å². The summed E-state index contributed by atoms with van der Waals surface area (Å²) in [4.78, 5) is 25.2. The van der Waals surface area contributed by atoms with E-state index in [9.17, 15) is 19.1 Å². The SMILES string of the molecule is CC[C@H](C)[C@@H](C(=O)[O-])N1C(=O)/C(=C/c2c(F)cccc2Cl)SC1=S. The lowest BCUT2D eigenvalue weighted by Crippen LogP contribution is -2.53. The predicted octanol–water partition coefficient (Wildman–Crippen LogP) is 2.84. The molecule has 0 radical (unpaired) electrons. The molecule has 24 heavy (non-hydrogen) atoms. The Balaban J connectivity index is 2.42. The lowest BCUT2D eigenvalue weighted by atomic mass is 9.98. The van der Waals surface area contributed by atoms with Gasteiger partial charge in [-0.25, -0.2) is 4.39 Å². The minimum Gasteiger partial charge on any atom is -0.548 e. The van der Waals surface area contributed by atoms with Gasteiger partial charge in [0.25, 0.3) is 5.91 Å². The van der Waals surface area contributed by atoms with Gasteiger partial charge in [0.15, 0.2) is 0 Å². The Labute approximate surface area is 153 Å². The number of aliphatic carboxylic acids is 1. The largest absolute Gasteiger partial charge is 0.548 e. The van der Waals surface area contributed by atoms with E-state index in [0.29, 0.717) is 6.42 Å². The number of halogens is 2. The van der Waals surface area contributed by atoms with Gasteiger partial charge in [-0.05, 0) is 24.1 Å². The highest BCUT2D eigenvalue weighted by Crippen LogP contribution is 2.37. The van der Waals surface area contributed by atoms with Crippen molar-refractivity contribution in [2.45, 2.75) is 26.3 Å². The average Bonchev–Trinajstić information content (AvgIpc) is 2.78. The lowest BCUT2D eigenvalue weighted by molar-refractivity contribution is -0.311. The van der Waals surface area contributed by atoms with Crippen molar-refractivity contribution < 1.29 is 19.1 Å². The van der Waals surface area contributed by atoms with Gasteiger partial charge in [-0.3, -0.25) is 9.69 Å². The maximum Gasteiger partial charge on any atom is 0.266 e. The van der Waals surface area contributed by atoms with Gasteiger partial charge in [-0.15, -0.1) is 0 Å². The maximum atomic E-state index is 13.9. The number of rotatable bonds is 5. The average molecular weight is 387 g/mol. The smallest absolute Gasteiger partial charge is 0.266 e. The Morgan fingerprint density at radius 3 is 2.75 bits per heavy atom. The Morgan fingerprint density at radius 2 is 2.21 bits per heavy atom. The van der Waals surface area contributed by atoms with Crippen LogP contribution in [0.2, 0.25) is 5.02 Å². The molecule has 1 fully saturated rings. The highest BCUT2D eigenvalue weighted by molar-refractivity contribution is 8.26. The Bertz CT molecular complexity index is 718. The number of nitrogens with zero attached hydrogens (tertiary/aromatic N) is 1. The molecular weight excluding hydrogens is 373 g/mol. The molecule has 0 aliphatic carbocycles. The lowest BCUT2D eigenvalue weighted by Gasteiger charge is -2.32. The van der Waals surface area contributed by atoms with Crippen LogP contribution in [0, 0.1) is 11.7 Å². The second kappa shape index (κ2) is 7.63. The molecule has 1 aromatic rings. The molecule has 0 spiro atoms. The van der Waals surface area contributed by atoms with Crippen molar-refractivity contribution in [1.29, 1.82) is 0 Å². The summed E-state index contributed by atoms with van der Waals surface area (Å²) in [7, 11) is 0. The summed E-state index contributed by atoms with van der Waals surface area (Å²) < 4.78 is 14.0. The van der Waals surface area contributed by atoms with Gasteiger partial charge in [0.05, 0.1) is 21.9 Å². The second-order valence-corrected chi connectivity index (χ2v) is 7.42. The van der Waals surface area contributed by atoms with Crippen molar-refractivity contribution in [3.63, 3.8) is 0 Å². The fourth-order valence-corrected chi connectivity index (χ4v) is 3.84. The van der Waals surface area contributed by atoms with E-state index in [2.05, 4.69) is 0 Å². The normalized spacial score (nSPS) is 19.0. The third-order valence-electron chi connectivity index (χ3n) is 3.80. The van der Waals surface area contributed by atoms with Crippen molar-refractivity contribution in [3.05, 3.63) is 39.5 Å². The number of hydrogen-bond acceptors (Lipinski definition) is 5. The molecule has 1 aliphatic heterocycles.